The fourth-order valence-corrected chi connectivity index (χ4v) is 3.26. The standard InChI is InChI=1S/C22H25N3S/c1-15-6-9-18(12-16(15)2)20-14-26-21(24-20)25-23-13-17-7-10-19(11-8-17)22(3,4)5/h6-14H,1-5H3,(H,24,25)/b23-13-. The van der Waals surface area contributed by atoms with Gasteiger partial charge in [0.25, 0.3) is 0 Å². The number of nitrogens with zero attached hydrogens (tertiary/aromatic N) is 2. The number of hydrazone groups is 1. The Kier molecular flexibility index (Phi) is 5.23. The smallest absolute Gasteiger partial charge is 0.203 e. The predicted molar refractivity (Wildman–Crippen MR) is 113 cm³/mol. The Bertz CT molecular complexity index is 915. The van der Waals surface area contributed by atoms with Gasteiger partial charge in [-0.25, -0.2) is 4.98 Å². The van der Waals surface area contributed by atoms with E-state index in [1.54, 1.807) is 11.3 Å². The Labute approximate surface area is 159 Å². The summed E-state index contributed by atoms with van der Waals surface area (Å²) in [5, 5.41) is 7.16. The van der Waals surface area contributed by atoms with Crippen molar-refractivity contribution in [3.63, 3.8) is 0 Å². The highest BCUT2D eigenvalue weighted by Gasteiger charge is 2.12. The minimum atomic E-state index is 0.166. The lowest BCUT2D eigenvalue weighted by atomic mass is 9.87. The van der Waals surface area contributed by atoms with Gasteiger partial charge in [-0.3, -0.25) is 5.43 Å². The molecular formula is C22H25N3S. The first-order chi connectivity index (χ1) is 12.3. The molecule has 4 heteroatoms. The molecular weight excluding hydrogens is 338 g/mol. The lowest BCUT2D eigenvalue weighted by molar-refractivity contribution is 0.590. The van der Waals surface area contributed by atoms with E-state index in [9.17, 15) is 0 Å². The summed E-state index contributed by atoms with van der Waals surface area (Å²) in [7, 11) is 0. The third kappa shape index (κ3) is 4.38. The van der Waals surface area contributed by atoms with Crippen molar-refractivity contribution < 1.29 is 0 Å². The Morgan fingerprint density at radius 1 is 1.00 bits per heavy atom. The van der Waals surface area contributed by atoms with E-state index in [0.717, 1.165) is 22.0 Å². The normalized spacial score (nSPS) is 11.9. The number of hydrogen-bond donors (Lipinski definition) is 1. The minimum absolute atomic E-state index is 0.166. The van der Waals surface area contributed by atoms with Gasteiger partial charge in [0.2, 0.25) is 5.13 Å². The van der Waals surface area contributed by atoms with E-state index in [-0.39, 0.29) is 5.41 Å². The molecule has 2 aromatic carbocycles. The van der Waals surface area contributed by atoms with E-state index < -0.39 is 0 Å². The van der Waals surface area contributed by atoms with Crippen LogP contribution < -0.4 is 5.43 Å². The number of benzene rings is 2. The van der Waals surface area contributed by atoms with Crippen molar-refractivity contribution >= 4 is 22.7 Å². The second-order valence-electron chi connectivity index (χ2n) is 7.58. The topological polar surface area (TPSA) is 37.3 Å². The number of anilines is 1. The van der Waals surface area contributed by atoms with Crippen molar-refractivity contribution in [2.45, 2.75) is 40.0 Å². The fourth-order valence-electron chi connectivity index (χ4n) is 2.59. The minimum Gasteiger partial charge on any atom is -0.253 e. The average molecular weight is 364 g/mol. The van der Waals surface area contributed by atoms with E-state index in [2.05, 4.69) is 98.0 Å². The maximum Gasteiger partial charge on any atom is 0.203 e. The van der Waals surface area contributed by atoms with Crippen LogP contribution in [0, 0.1) is 13.8 Å². The second kappa shape index (κ2) is 7.42. The van der Waals surface area contributed by atoms with E-state index in [1.807, 2.05) is 6.21 Å². The van der Waals surface area contributed by atoms with Gasteiger partial charge >= 0.3 is 0 Å². The van der Waals surface area contributed by atoms with Crippen molar-refractivity contribution in [1.82, 2.24) is 4.98 Å². The summed E-state index contributed by atoms with van der Waals surface area (Å²) in [6.07, 6.45) is 1.82. The molecule has 0 aliphatic carbocycles. The molecule has 0 saturated heterocycles. The first-order valence-electron chi connectivity index (χ1n) is 8.76. The molecule has 3 aromatic rings. The summed E-state index contributed by atoms with van der Waals surface area (Å²) in [6.45, 7) is 10.9. The molecule has 1 aromatic heterocycles. The molecule has 0 aliphatic heterocycles. The SMILES string of the molecule is Cc1ccc(-c2csc(N/N=C\c3ccc(C(C)(C)C)cc3)n2)cc1C. The quantitative estimate of drug-likeness (QED) is 0.444. The lowest BCUT2D eigenvalue weighted by Gasteiger charge is -2.18. The molecule has 0 aliphatic rings. The van der Waals surface area contributed by atoms with E-state index >= 15 is 0 Å². The molecule has 0 fully saturated rings. The molecule has 0 unspecified atom stereocenters. The van der Waals surface area contributed by atoms with Crippen LogP contribution in [0.15, 0.2) is 52.9 Å². The molecule has 26 heavy (non-hydrogen) atoms. The summed E-state index contributed by atoms with van der Waals surface area (Å²) in [5.41, 5.74) is 10.3. The van der Waals surface area contributed by atoms with Gasteiger partial charge in [-0.2, -0.15) is 5.10 Å². The first kappa shape index (κ1) is 18.3. The number of rotatable bonds is 4. The second-order valence-corrected chi connectivity index (χ2v) is 8.44. The maximum atomic E-state index is 4.62. The van der Waals surface area contributed by atoms with Crippen LogP contribution in [-0.4, -0.2) is 11.2 Å². The molecule has 3 nitrogen and oxygen atoms in total. The van der Waals surface area contributed by atoms with E-state index in [4.69, 9.17) is 0 Å². The first-order valence-corrected chi connectivity index (χ1v) is 9.64. The van der Waals surface area contributed by atoms with Gasteiger partial charge in [0.15, 0.2) is 0 Å². The molecule has 1 N–H and O–H groups in total. The molecule has 134 valence electrons. The molecule has 0 atom stereocenters. The van der Waals surface area contributed by atoms with E-state index in [1.165, 1.54) is 16.7 Å². The number of nitrogens with one attached hydrogen (secondary N) is 1. The van der Waals surface area contributed by atoms with Crippen LogP contribution in [0.1, 0.15) is 43.0 Å². The maximum absolute atomic E-state index is 4.62. The van der Waals surface area contributed by atoms with Gasteiger partial charge in [-0.15, -0.1) is 11.3 Å². The van der Waals surface area contributed by atoms with Gasteiger partial charge in [-0.1, -0.05) is 57.2 Å². The van der Waals surface area contributed by atoms with Crippen LogP contribution in [-0.2, 0) is 5.41 Å². The molecule has 0 spiro atoms. The van der Waals surface area contributed by atoms with Gasteiger partial charge in [0.05, 0.1) is 11.9 Å². The Hall–Kier alpha value is -2.46. The van der Waals surface area contributed by atoms with E-state index in [0.29, 0.717) is 0 Å². The van der Waals surface area contributed by atoms with Crippen molar-refractivity contribution in [3.05, 3.63) is 70.1 Å². The number of aryl methyl sites for hydroxylation is 2. The molecule has 1 heterocycles. The number of aromatic nitrogens is 1. The molecule has 0 bridgehead atoms. The summed E-state index contributed by atoms with van der Waals surface area (Å²) < 4.78 is 0. The highest BCUT2D eigenvalue weighted by Crippen LogP contribution is 2.26. The van der Waals surface area contributed by atoms with Crippen molar-refractivity contribution in [3.8, 4) is 11.3 Å². The zero-order valence-electron chi connectivity index (χ0n) is 16.0. The van der Waals surface area contributed by atoms with Crippen LogP contribution in [0.5, 0.6) is 0 Å². The third-order valence-electron chi connectivity index (χ3n) is 4.46. The molecule has 3 rings (SSSR count). The Morgan fingerprint density at radius 2 is 1.73 bits per heavy atom. The highest BCUT2D eigenvalue weighted by atomic mass is 32.1. The Morgan fingerprint density at radius 3 is 2.38 bits per heavy atom. The van der Waals surface area contributed by atoms with Crippen molar-refractivity contribution in [2.75, 3.05) is 5.43 Å². The molecule has 0 radical (unpaired) electrons. The van der Waals surface area contributed by atoms with Crippen LogP contribution in [0.4, 0.5) is 5.13 Å². The van der Waals surface area contributed by atoms with Gasteiger partial charge in [-0.05, 0) is 47.6 Å². The van der Waals surface area contributed by atoms with Crippen molar-refractivity contribution in [2.24, 2.45) is 5.10 Å². The zero-order chi connectivity index (χ0) is 18.7. The van der Waals surface area contributed by atoms with Gasteiger partial charge in [0, 0.05) is 10.9 Å². The lowest BCUT2D eigenvalue weighted by Crippen LogP contribution is -2.10. The monoisotopic (exact) mass is 363 g/mol. The van der Waals surface area contributed by atoms with Crippen LogP contribution in [0.2, 0.25) is 0 Å². The molecule has 0 amide bonds. The van der Waals surface area contributed by atoms with Crippen LogP contribution in [0.25, 0.3) is 11.3 Å². The van der Waals surface area contributed by atoms with Gasteiger partial charge < -0.3 is 0 Å². The predicted octanol–water partition coefficient (Wildman–Crippen LogP) is 6.17. The summed E-state index contributed by atoms with van der Waals surface area (Å²) >= 11 is 1.56. The third-order valence-corrected chi connectivity index (χ3v) is 5.20. The fraction of sp³-hybridized carbons (Fsp3) is 0.273. The summed E-state index contributed by atoms with van der Waals surface area (Å²) in [4.78, 5) is 4.62. The highest BCUT2D eigenvalue weighted by molar-refractivity contribution is 7.14. The van der Waals surface area contributed by atoms with Crippen LogP contribution >= 0.6 is 11.3 Å². The summed E-state index contributed by atoms with van der Waals surface area (Å²) in [6, 6.07) is 14.9. The number of hydrogen-bond acceptors (Lipinski definition) is 4. The van der Waals surface area contributed by atoms with Crippen LogP contribution in [0.3, 0.4) is 0 Å². The average Bonchev–Trinajstić information content (AvgIpc) is 3.06. The number of thiazole rings is 1. The largest absolute Gasteiger partial charge is 0.253 e. The zero-order valence-corrected chi connectivity index (χ0v) is 16.8. The summed E-state index contributed by atoms with van der Waals surface area (Å²) in [5.74, 6) is 0. The van der Waals surface area contributed by atoms with Gasteiger partial charge in [0.1, 0.15) is 0 Å². The molecule has 0 saturated carbocycles. The Balaban J connectivity index is 1.66. The van der Waals surface area contributed by atoms with Crippen molar-refractivity contribution in [1.29, 1.82) is 0 Å².